The summed E-state index contributed by atoms with van der Waals surface area (Å²) in [6, 6.07) is 8.70. The summed E-state index contributed by atoms with van der Waals surface area (Å²) in [4.78, 5) is 0. The van der Waals surface area contributed by atoms with Crippen molar-refractivity contribution in [1.82, 2.24) is 9.78 Å². The lowest BCUT2D eigenvalue weighted by Gasteiger charge is -2.09. The van der Waals surface area contributed by atoms with Crippen LogP contribution < -0.4 is 5.73 Å². The molecule has 0 amide bonds. The molecule has 2 aromatic rings. The molecule has 96 valence electrons. The van der Waals surface area contributed by atoms with Crippen molar-refractivity contribution in [2.75, 3.05) is 5.73 Å². The molecular formula is C13H15F2N3. The highest BCUT2D eigenvalue weighted by Gasteiger charge is 2.21. The SMILES string of the molecule is Cn1nc(-c2ccc(CC(C)(F)F)cc2)cc1N. The highest BCUT2D eigenvalue weighted by atomic mass is 19.3. The Bertz CT molecular complexity index is 519. The quantitative estimate of drug-likeness (QED) is 0.911. The van der Waals surface area contributed by atoms with Crippen LogP contribution in [0.2, 0.25) is 0 Å². The number of nitrogens with zero attached hydrogens (tertiary/aromatic N) is 2. The lowest BCUT2D eigenvalue weighted by molar-refractivity contribution is 0.0226. The number of rotatable bonds is 3. The van der Waals surface area contributed by atoms with Crippen molar-refractivity contribution in [3.63, 3.8) is 0 Å². The van der Waals surface area contributed by atoms with E-state index in [0.717, 1.165) is 18.2 Å². The molecule has 0 atom stereocenters. The van der Waals surface area contributed by atoms with Crippen molar-refractivity contribution in [2.45, 2.75) is 19.3 Å². The van der Waals surface area contributed by atoms with E-state index >= 15 is 0 Å². The molecule has 1 aromatic carbocycles. The topological polar surface area (TPSA) is 43.8 Å². The summed E-state index contributed by atoms with van der Waals surface area (Å²) in [7, 11) is 1.75. The standard InChI is InChI=1S/C13H15F2N3/c1-13(14,15)8-9-3-5-10(6-4-9)11-7-12(16)18(2)17-11/h3-7H,8,16H2,1-2H3. The van der Waals surface area contributed by atoms with Crippen LogP contribution in [0.15, 0.2) is 30.3 Å². The third-order valence-electron chi connectivity index (χ3n) is 2.68. The molecule has 3 nitrogen and oxygen atoms in total. The van der Waals surface area contributed by atoms with Crippen LogP contribution in [0.1, 0.15) is 12.5 Å². The molecule has 18 heavy (non-hydrogen) atoms. The molecule has 1 heterocycles. The molecule has 0 radical (unpaired) electrons. The molecule has 0 saturated heterocycles. The molecule has 0 aliphatic carbocycles. The van der Waals surface area contributed by atoms with Gasteiger partial charge in [-0.1, -0.05) is 24.3 Å². The van der Waals surface area contributed by atoms with Crippen molar-refractivity contribution >= 4 is 5.82 Å². The van der Waals surface area contributed by atoms with E-state index in [1.54, 1.807) is 42.1 Å². The first-order valence-corrected chi connectivity index (χ1v) is 5.62. The molecule has 0 aliphatic rings. The summed E-state index contributed by atoms with van der Waals surface area (Å²) in [6.45, 7) is 0.917. The first-order valence-electron chi connectivity index (χ1n) is 5.62. The maximum atomic E-state index is 12.9. The van der Waals surface area contributed by atoms with Gasteiger partial charge in [0.1, 0.15) is 5.82 Å². The van der Waals surface area contributed by atoms with Gasteiger partial charge in [0.15, 0.2) is 0 Å². The Morgan fingerprint density at radius 2 is 1.89 bits per heavy atom. The Hall–Kier alpha value is -1.91. The predicted molar refractivity (Wildman–Crippen MR) is 67.4 cm³/mol. The van der Waals surface area contributed by atoms with E-state index in [9.17, 15) is 8.78 Å². The van der Waals surface area contributed by atoms with Crippen molar-refractivity contribution < 1.29 is 8.78 Å². The number of nitrogens with two attached hydrogens (primary N) is 1. The number of aromatic nitrogens is 2. The second-order valence-corrected chi connectivity index (χ2v) is 4.52. The average Bonchev–Trinajstić information content (AvgIpc) is 2.58. The van der Waals surface area contributed by atoms with Crippen LogP contribution in [-0.2, 0) is 13.5 Å². The molecule has 2 rings (SSSR count). The zero-order valence-corrected chi connectivity index (χ0v) is 10.3. The Morgan fingerprint density at radius 3 is 2.33 bits per heavy atom. The number of nitrogen functional groups attached to an aromatic ring is 1. The van der Waals surface area contributed by atoms with Crippen LogP contribution in [-0.4, -0.2) is 15.7 Å². The first-order chi connectivity index (χ1) is 8.35. The lowest BCUT2D eigenvalue weighted by Crippen LogP contribution is -2.13. The van der Waals surface area contributed by atoms with Gasteiger partial charge in [-0.15, -0.1) is 0 Å². The van der Waals surface area contributed by atoms with Gasteiger partial charge < -0.3 is 5.73 Å². The molecule has 0 bridgehead atoms. The summed E-state index contributed by atoms with van der Waals surface area (Å²) in [5, 5.41) is 4.23. The molecule has 1 aromatic heterocycles. The molecule has 0 spiro atoms. The van der Waals surface area contributed by atoms with Gasteiger partial charge in [0, 0.05) is 25.1 Å². The molecule has 0 saturated carbocycles. The van der Waals surface area contributed by atoms with E-state index in [2.05, 4.69) is 5.10 Å². The van der Waals surface area contributed by atoms with Gasteiger partial charge in [-0.3, -0.25) is 4.68 Å². The van der Waals surface area contributed by atoms with Gasteiger partial charge in [0.25, 0.3) is 0 Å². The molecule has 0 fully saturated rings. The van der Waals surface area contributed by atoms with Crippen molar-refractivity contribution in [3.8, 4) is 11.3 Å². The van der Waals surface area contributed by atoms with Crippen molar-refractivity contribution in [1.29, 1.82) is 0 Å². The minimum atomic E-state index is -2.68. The predicted octanol–water partition coefficient (Wildman–Crippen LogP) is 2.87. The number of aryl methyl sites for hydroxylation is 1. The van der Waals surface area contributed by atoms with Gasteiger partial charge >= 0.3 is 0 Å². The summed E-state index contributed by atoms with van der Waals surface area (Å²) in [6.07, 6.45) is -0.252. The highest BCUT2D eigenvalue weighted by Crippen LogP contribution is 2.23. The van der Waals surface area contributed by atoms with Crippen molar-refractivity contribution in [3.05, 3.63) is 35.9 Å². The van der Waals surface area contributed by atoms with Gasteiger partial charge in [0.05, 0.1) is 5.69 Å². The first kappa shape index (κ1) is 12.5. The zero-order chi connectivity index (χ0) is 13.3. The summed E-state index contributed by atoms with van der Waals surface area (Å²) >= 11 is 0. The molecule has 2 N–H and O–H groups in total. The molecule has 5 heteroatoms. The van der Waals surface area contributed by atoms with E-state index in [0.29, 0.717) is 11.4 Å². The highest BCUT2D eigenvalue weighted by molar-refractivity contribution is 5.62. The van der Waals surface area contributed by atoms with Gasteiger partial charge in [-0.2, -0.15) is 5.10 Å². The monoisotopic (exact) mass is 251 g/mol. The average molecular weight is 251 g/mol. The Morgan fingerprint density at radius 1 is 1.28 bits per heavy atom. The van der Waals surface area contributed by atoms with E-state index in [1.807, 2.05) is 0 Å². The fourth-order valence-electron chi connectivity index (χ4n) is 1.77. The number of anilines is 1. The fourth-order valence-corrected chi connectivity index (χ4v) is 1.77. The normalized spacial score (nSPS) is 11.8. The van der Waals surface area contributed by atoms with Crippen LogP contribution in [0.5, 0.6) is 0 Å². The maximum absolute atomic E-state index is 12.9. The Labute approximate surface area is 104 Å². The number of halogens is 2. The smallest absolute Gasteiger partial charge is 0.249 e. The zero-order valence-electron chi connectivity index (χ0n) is 10.3. The number of alkyl halides is 2. The minimum Gasteiger partial charge on any atom is -0.384 e. The number of hydrogen-bond acceptors (Lipinski definition) is 2. The number of hydrogen-bond donors (Lipinski definition) is 1. The van der Waals surface area contributed by atoms with E-state index in [4.69, 9.17) is 5.73 Å². The molecule has 0 unspecified atom stereocenters. The second kappa shape index (κ2) is 4.40. The molecular weight excluding hydrogens is 236 g/mol. The van der Waals surface area contributed by atoms with Gasteiger partial charge in [-0.25, -0.2) is 8.78 Å². The molecule has 0 aliphatic heterocycles. The minimum absolute atomic E-state index is 0.252. The van der Waals surface area contributed by atoms with E-state index in [-0.39, 0.29) is 6.42 Å². The van der Waals surface area contributed by atoms with E-state index in [1.165, 1.54) is 0 Å². The van der Waals surface area contributed by atoms with Crippen LogP contribution >= 0.6 is 0 Å². The summed E-state index contributed by atoms with van der Waals surface area (Å²) < 4.78 is 27.3. The van der Waals surface area contributed by atoms with Gasteiger partial charge in [-0.05, 0) is 12.5 Å². The third kappa shape index (κ3) is 2.85. The Balaban J connectivity index is 2.22. The van der Waals surface area contributed by atoms with Crippen LogP contribution in [0.25, 0.3) is 11.3 Å². The fraction of sp³-hybridized carbons (Fsp3) is 0.308. The van der Waals surface area contributed by atoms with Crippen LogP contribution in [0, 0.1) is 0 Å². The van der Waals surface area contributed by atoms with Gasteiger partial charge in [0.2, 0.25) is 5.92 Å². The largest absolute Gasteiger partial charge is 0.384 e. The second-order valence-electron chi connectivity index (χ2n) is 4.52. The lowest BCUT2D eigenvalue weighted by atomic mass is 10.0. The summed E-state index contributed by atoms with van der Waals surface area (Å²) in [5.74, 6) is -2.12. The third-order valence-corrected chi connectivity index (χ3v) is 2.68. The number of benzene rings is 1. The van der Waals surface area contributed by atoms with Crippen molar-refractivity contribution in [2.24, 2.45) is 7.05 Å². The van der Waals surface area contributed by atoms with E-state index < -0.39 is 5.92 Å². The maximum Gasteiger partial charge on any atom is 0.249 e. The summed E-state index contributed by atoms with van der Waals surface area (Å²) in [5.41, 5.74) is 7.91. The van der Waals surface area contributed by atoms with Crippen LogP contribution in [0.4, 0.5) is 14.6 Å². The van der Waals surface area contributed by atoms with Crippen LogP contribution in [0.3, 0.4) is 0 Å². The Kier molecular flexibility index (Phi) is 3.07.